The first-order valence-corrected chi connectivity index (χ1v) is 9.70. The number of alkyl halides is 2. The molecule has 1 aromatic heterocycles. The highest BCUT2D eigenvalue weighted by Crippen LogP contribution is 2.60. The second-order valence-electron chi connectivity index (χ2n) is 5.94. The molecule has 0 aliphatic carbocycles. The molecule has 0 amide bonds. The SMILES string of the molecule is CC(C)CCNc1cc2cc(C(F)(F)P(=O)(O)O)c(Br)cc2cn1. The molecule has 1 heterocycles. The van der Waals surface area contributed by atoms with Gasteiger partial charge in [0.25, 0.3) is 0 Å². The third-order valence-electron chi connectivity index (χ3n) is 3.53. The quantitative estimate of drug-likeness (QED) is 0.588. The van der Waals surface area contributed by atoms with E-state index in [1.165, 1.54) is 12.3 Å². The smallest absolute Gasteiger partial charge is 0.370 e. The first-order chi connectivity index (χ1) is 11.0. The number of rotatable bonds is 6. The van der Waals surface area contributed by atoms with E-state index >= 15 is 0 Å². The number of pyridine rings is 1. The van der Waals surface area contributed by atoms with Crippen molar-refractivity contribution < 1.29 is 23.1 Å². The van der Waals surface area contributed by atoms with Crippen molar-refractivity contribution in [1.82, 2.24) is 4.98 Å². The molecule has 0 spiro atoms. The molecule has 9 heteroatoms. The molecule has 24 heavy (non-hydrogen) atoms. The van der Waals surface area contributed by atoms with E-state index in [0.29, 0.717) is 29.1 Å². The van der Waals surface area contributed by atoms with Crippen molar-refractivity contribution in [3.05, 3.63) is 34.4 Å². The standard InChI is InChI=1S/C15H18BrF2N2O3P/c1-9(2)3-4-19-14-7-10-5-12(15(17,18)24(21,22)23)13(16)6-11(10)8-20-14/h5-9H,3-4H2,1-2H3,(H,19,20)(H2,21,22,23). The lowest BCUT2D eigenvalue weighted by Crippen LogP contribution is -2.14. The third kappa shape index (κ3) is 4.11. The largest absolute Gasteiger partial charge is 0.399 e. The van der Waals surface area contributed by atoms with Crippen molar-refractivity contribution in [3.8, 4) is 0 Å². The molecule has 3 N–H and O–H groups in total. The number of hydrogen-bond donors (Lipinski definition) is 3. The minimum Gasteiger partial charge on any atom is -0.370 e. The Morgan fingerprint density at radius 1 is 1.29 bits per heavy atom. The van der Waals surface area contributed by atoms with Crippen LogP contribution in [-0.4, -0.2) is 21.3 Å². The molecule has 0 saturated heterocycles. The van der Waals surface area contributed by atoms with Gasteiger partial charge in [0.1, 0.15) is 5.82 Å². The molecule has 0 saturated carbocycles. The van der Waals surface area contributed by atoms with Gasteiger partial charge in [0.2, 0.25) is 0 Å². The van der Waals surface area contributed by atoms with Gasteiger partial charge in [0.15, 0.2) is 0 Å². The fraction of sp³-hybridized carbons (Fsp3) is 0.400. The molecule has 2 rings (SSSR count). The van der Waals surface area contributed by atoms with E-state index in [4.69, 9.17) is 9.79 Å². The molecule has 0 aliphatic rings. The van der Waals surface area contributed by atoms with Gasteiger partial charge in [0.05, 0.1) is 0 Å². The minimum atomic E-state index is -5.63. The highest BCUT2D eigenvalue weighted by atomic mass is 79.9. The van der Waals surface area contributed by atoms with Crippen LogP contribution in [0.4, 0.5) is 14.6 Å². The lowest BCUT2D eigenvalue weighted by Gasteiger charge is -2.20. The number of halogens is 3. The van der Waals surface area contributed by atoms with Crippen molar-refractivity contribution in [3.63, 3.8) is 0 Å². The fourth-order valence-corrected chi connectivity index (χ4v) is 3.40. The van der Waals surface area contributed by atoms with Crippen LogP contribution >= 0.6 is 23.5 Å². The number of fused-ring (bicyclic) bond motifs is 1. The maximum Gasteiger partial charge on any atom is 0.399 e. The number of nitrogens with one attached hydrogen (secondary N) is 1. The molecule has 0 bridgehead atoms. The molecule has 0 radical (unpaired) electrons. The molecule has 5 nitrogen and oxygen atoms in total. The van der Waals surface area contributed by atoms with E-state index in [9.17, 15) is 13.3 Å². The average Bonchev–Trinajstić information content (AvgIpc) is 2.45. The molecular weight excluding hydrogens is 405 g/mol. The summed E-state index contributed by atoms with van der Waals surface area (Å²) < 4.78 is 39.1. The van der Waals surface area contributed by atoms with Gasteiger partial charge in [-0.1, -0.05) is 29.8 Å². The van der Waals surface area contributed by atoms with Crippen LogP contribution in [0.15, 0.2) is 28.9 Å². The normalized spacial score (nSPS) is 12.8. The van der Waals surface area contributed by atoms with Crippen LogP contribution in [0.3, 0.4) is 0 Å². The predicted molar refractivity (Wildman–Crippen MR) is 93.3 cm³/mol. The van der Waals surface area contributed by atoms with Crippen LogP contribution in [0.5, 0.6) is 0 Å². The fourth-order valence-electron chi connectivity index (χ4n) is 2.14. The van der Waals surface area contributed by atoms with Crippen LogP contribution in [0.2, 0.25) is 0 Å². The summed E-state index contributed by atoms with van der Waals surface area (Å²) in [7, 11) is -5.63. The maximum atomic E-state index is 14.0. The van der Waals surface area contributed by atoms with Gasteiger partial charge >= 0.3 is 13.3 Å². The maximum absolute atomic E-state index is 14.0. The number of anilines is 1. The van der Waals surface area contributed by atoms with Crippen molar-refractivity contribution in [2.45, 2.75) is 25.9 Å². The zero-order chi connectivity index (χ0) is 18.1. The number of aromatic nitrogens is 1. The Morgan fingerprint density at radius 2 is 1.96 bits per heavy atom. The number of nitrogens with zero attached hydrogens (tertiary/aromatic N) is 1. The van der Waals surface area contributed by atoms with Gasteiger partial charge in [-0.15, -0.1) is 0 Å². The predicted octanol–water partition coefficient (Wildman–Crippen LogP) is 4.68. The summed E-state index contributed by atoms with van der Waals surface area (Å²) >= 11 is 2.96. The van der Waals surface area contributed by atoms with Crippen LogP contribution in [-0.2, 0) is 10.2 Å². The highest BCUT2D eigenvalue weighted by Gasteiger charge is 2.51. The zero-order valence-electron chi connectivity index (χ0n) is 13.1. The molecule has 0 unspecified atom stereocenters. The first-order valence-electron chi connectivity index (χ1n) is 7.29. The number of benzene rings is 1. The monoisotopic (exact) mass is 422 g/mol. The van der Waals surface area contributed by atoms with Crippen LogP contribution in [0.25, 0.3) is 10.8 Å². The van der Waals surface area contributed by atoms with Crippen molar-refractivity contribution in [1.29, 1.82) is 0 Å². The molecule has 1 aromatic carbocycles. The molecule has 2 aromatic rings. The van der Waals surface area contributed by atoms with Crippen molar-refractivity contribution >= 4 is 40.1 Å². The summed E-state index contributed by atoms with van der Waals surface area (Å²) in [6, 6.07) is 4.04. The average molecular weight is 423 g/mol. The molecule has 0 fully saturated rings. The van der Waals surface area contributed by atoms with E-state index in [1.807, 2.05) is 0 Å². The highest BCUT2D eigenvalue weighted by molar-refractivity contribution is 9.10. The van der Waals surface area contributed by atoms with E-state index in [2.05, 4.69) is 40.1 Å². The van der Waals surface area contributed by atoms with Gasteiger partial charge in [-0.2, -0.15) is 8.78 Å². The van der Waals surface area contributed by atoms with Gasteiger partial charge in [-0.3, -0.25) is 4.57 Å². The third-order valence-corrected chi connectivity index (χ3v) is 5.15. The van der Waals surface area contributed by atoms with E-state index in [-0.39, 0.29) is 4.47 Å². The Bertz CT molecular complexity index is 796. The Morgan fingerprint density at radius 3 is 2.54 bits per heavy atom. The molecule has 0 aliphatic heterocycles. The summed E-state index contributed by atoms with van der Waals surface area (Å²) in [5.41, 5.74) is -5.02. The molecular formula is C15H18BrF2N2O3P. The van der Waals surface area contributed by atoms with Crippen molar-refractivity contribution in [2.24, 2.45) is 5.92 Å². The Hall–Kier alpha value is -1.08. The van der Waals surface area contributed by atoms with E-state index in [0.717, 1.165) is 12.5 Å². The summed E-state index contributed by atoms with van der Waals surface area (Å²) in [4.78, 5) is 22.1. The lowest BCUT2D eigenvalue weighted by molar-refractivity contribution is 0.0559. The topological polar surface area (TPSA) is 82.5 Å². The van der Waals surface area contributed by atoms with Crippen LogP contribution < -0.4 is 5.32 Å². The zero-order valence-corrected chi connectivity index (χ0v) is 15.6. The number of hydrogen-bond acceptors (Lipinski definition) is 3. The van der Waals surface area contributed by atoms with Gasteiger partial charge in [0, 0.05) is 28.2 Å². The van der Waals surface area contributed by atoms with E-state index < -0.39 is 18.8 Å². The van der Waals surface area contributed by atoms with Crippen LogP contribution in [0, 0.1) is 5.92 Å². The summed E-state index contributed by atoms with van der Waals surface area (Å²) in [6.45, 7) is 4.87. The Kier molecular flexibility index (Phi) is 5.64. The summed E-state index contributed by atoms with van der Waals surface area (Å²) in [5, 5.41) is 4.11. The first kappa shape index (κ1) is 19.2. The van der Waals surface area contributed by atoms with Gasteiger partial charge in [-0.25, -0.2) is 4.98 Å². The Labute approximate surface area is 146 Å². The summed E-state index contributed by atoms with van der Waals surface area (Å²) in [6.07, 6.45) is 2.46. The van der Waals surface area contributed by atoms with E-state index in [1.54, 1.807) is 6.07 Å². The second kappa shape index (κ2) is 7.04. The van der Waals surface area contributed by atoms with Crippen LogP contribution in [0.1, 0.15) is 25.8 Å². The molecule has 132 valence electrons. The van der Waals surface area contributed by atoms with Gasteiger partial charge < -0.3 is 15.1 Å². The Balaban J connectivity index is 2.42. The van der Waals surface area contributed by atoms with Crippen molar-refractivity contribution in [2.75, 3.05) is 11.9 Å². The second-order valence-corrected chi connectivity index (χ2v) is 8.45. The molecule has 0 atom stereocenters. The van der Waals surface area contributed by atoms with Gasteiger partial charge in [-0.05, 0) is 35.9 Å². The summed E-state index contributed by atoms with van der Waals surface area (Å²) in [5.74, 6) is 1.04. The minimum absolute atomic E-state index is 0.0781. The lowest BCUT2D eigenvalue weighted by atomic mass is 10.1.